The molecule has 0 saturated heterocycles. The van der Waals surface area contributed by atoms with E-state index in [4.69, 9.17) is 9.15 Å². The number of aromatic nitrogens is 1. The van der Waals surface area contributed by atoms with E-state index in [1.54, 1.807) is 19.3 Å². The fourth-order valence-electron chi connectivity index (χ4n) is 1.32. The summed E-state index contributed by atoms with van der Waals surface area (Å²) in [7, 11) is 1.59. The Bertz CT molecular complexity index is 572. The van der Waals surface area contributed by atoms with Gasteiger partial charge in [-0.15, -0.1) is 0 Å². The Morgan fingerprint density at radius 2 is 2.06 bits per heavy atom. The third-order valence-electron chi connectivity index (χ3n) is 2.23. The van der Waals surface area contributed by atoms with E-state index >= 15 is 0 Å². The Balaban J connectivity index is 2.11. The van der Waals surface area contributed by atoms with Crippen LogP contribution in [0.4, 0.5) is 5.88 Å². The molecule has 0 N–H and O–H groups in total. The molecule has 18 heavy (non-hydrogen) atoms. The zero-order valence-electron chi connectivity index (χ0n) is 9.57. The zero-order chi connectivity index (χ0) is 13.0. The topological polar surface area (TPSA) is 78.4 Å². The lowest BCUT2D eigenvalue weighted by atomic mass is 10.2. The summed E-state index contributed by atoms with van der Waals surface area (Å²) in [6.45, 7) is 0. The van der Waals surface area contributed by atoms with E-state index in [0.29, 0.717) is 0 Å². The molecule has 1 heterocycles. The van der Waals surface area contributed by atoms with Crippen molar-refractivity contribution in [3.05, 3.63) is 52.0 Å². The quantitative estimate of drug-likeness (QED) is 0.612. The van der Waals surface area contributed by atoms with Gasteiger partial charge in [0.25, 0.3) is 0 Å². The van der Waals surface area contributed by atoms with Crippen molar-refractivity contribution in [2.45, 2.75) is 0 Å². The molecule has 0 atom stereocenters. The van der Waals surface area contributed by atoms with Gasteiger partial charge in [-0.05, 0) is 23.8 Å². The van der Waals surface area contributed by atoms with Crippen molar-refractivity contribution in [2.75, 3.05) is 7.11 Å². The molecule has 0 aliphatic heterocycles. The lowest BCUT2D eigenvalue weighted by Crippen LogP contribution is -1.82. The van der Waals surface area contributed by atoms with Crippen LogP contribution in [0.2, 0.25) is 0 Å². The van der Waals surface area contributed by atoms with E-state index in [2.05, 4.69) is 4.98 Å². The van der Waals surface area contributed by atoms with Gasteiger partial charge < -0.3 is 9.15 Å². The molecule has 0 bridgehead atoms. The Morgan fingerprint density at radius 3 is 2.61 bits per heavy atom. The third kappa shape index (κ3) is 2.73. The first kappa shape index (κ1) is 11.8. The molecule has 6 heteroatoms. The Kier molecular flexibility index (Phi) is 3.38. The average molecular weight is 246 g/mol. The van der Waals surface area contributed by atoms with Crippen molar-refractivity contribution in [2.24, 2.45) is 0 Å². The van der Waals surface area contributed by atoms with E-state index in [9.17, 15) is 10.1 Å². The summed E-state index contributed by atoms with van der Waals surface area (Å²) in [4.78, 5) is 13.5. The molecular weight excluding hydrogens is 236 g/mol. The first-order valence-corrected chi connectivity index (χ1v) is 5.11. The van der Waals surface area contributed by atoms with E-state index in [-0.39, 0.29) is 11.8 Å². The van der Waals surface area contributed by atoms with E-state index in [1.807, 2.05) is 24.3 Å². The van der Waals surface area contributed by atoms with Crippen LogP contribution in [-0.2, 0) is 0 Å². The standard InChI is InChI=1S/C12H10N2O4/c1-17-10-5-2-9(3-6-10)4-7-11-13-8-12(18-11)14(15)16/h2-8H,1H3/b7-4+. The zero-order valence-corrected chi connectivity index (χ0v) is 9.57. The van der Waals surface area contributed by atoms with E-state index < -0.39 is 4.92 Å². The molecule has 0 aliphatic rings. The monoisotopic (exact) mass is 246 g/mol. The molecule has 2 aromatic rings. The molecule has 0 fully saturated rings. The summed E-state index contributed by atoms with van der Waals surface area (Å²) < 4.78 is 9.92. The fraction of sp³-hybridized carbons (Fsp3) is 0.0833. The van der Waals surface area contributed by atoms with Crippen LogP contribution in [0, 0.1) is 10.1 Å². The number of oxazole rings is 1. The summed E-state index contributed by atoms with van der Waals surface area (Å²) in [6, 6.07) is 7.34. The van der Waals surface area contributed by atoms with Crippen LogP contribution in [0.25, 0.3) is 12.2 Å². The predicted molar refractivity (Wildman–Crippen MR) is 65.1 cm³/mol. The smallest absolute Gasteiger partial charge is 0.453 e. The number of hydrogen-bond donors (Lipinski definition) is 0. The van der Waals surface area contributed by atoms with Crippen LogP contribution in [0.3, 0.4) is 0 Å². The molecule has 6 nitrogen and oxygen atoms in total. The molecule has 2 rings (SSSR count). The predicted octanol–water partition coefficient (Wildman–Crippen LogP) is 2.76. The van der Waals surface area contributed by atoms with Gasteiger partial charge in [0, 0.05) is 6.08 Å². The van der Waals surface area contributed by atoms with Crippen LogP contribution in [-0.4, -0.2) is 17.0 Å². The number of ether oxygens (including phenoxy) is 1. The normalized spacial score (nSPS) is 10.7. The lowest BCUT2D eigenvalue weighted by Gasteiger charge is -1.98. The highest BCUT2D eigenvalue weighted by Gasteiger charge is 2.11. The van der Waals surface area contributed by atoms with Crippen LogP contribution >= 0.6 is 0 Å². The van der Waals surface area contributed by atoms with Gasteiger partial charge >= 0.3 is 5.88 Å². The molecule has 0 unspecified atom stereocenters. The van der Waals surface area contributed by atoms with Crippen molar-refractivity contribution in [3.8, 4) is 5.75 Å². The highest BCUT2D eigenvalue weighted by molar-refractivity contribution is 5.66. The van der Waals surface area contributed by atoms with Gasteiger partial charge in [0.15, 0.2) is 0 Å². The van der Waals surface area contributed by atoms with Crippen molar-refractivity contribution >= 4 is 18.0 Å². The lowest BCUT2D eigenvalue weighted by molar-refractivity contribution is -0.402. The van der Waals surface area contributed by atoms with Crippen LogP contribution in [0.5, 0.6) is 5.75 Å². The van der Waals surface area contributed by atoms with Gasteiger partial charge in [0.2, 0.25) is 5.89 Å². The highest BCUT2D eigenvalue weighted by atomic mass is 16.6. The number of hydrogen-bond acceptors (Lipinski definition) is 5. The average Bonchev–Trinajstić information content (AvgIpc) is 2.86. The minimum absolute atomic E-state index is 0.192. The Morgan fingerprint density at radius 1 is 1.33 bits per heavy atom. The van der Waals surface area contributed by atoms with Gasteiger partial charge in [0.1, 0.15) is 16.9 Å². The second kappa shape index (κ2) is 5.13. The molecule has 0 saturated carbocycles. The molecule has 0 spiro atoms. The summed E-state index contributed by atoms with van der Waals surface area (Å²) in [6.07, 6.45) is 4.39. The largest absolute Gasteiger partial charge is 0.497 e. The Labute approximate surface area is 103 Å². The first-order chi connectivity index (χ1) is 8.69. The van der Waals surface area contributed by atoms with Crippen LogP contribution in [0.15, 0.2) is 34.9 Å². The number of methoxy groups -OCH3 is 1. The third-order valence-corrected chi connectivity index (χ3v) is 2.23. The molecule has 1 aromatic heterocycles. The number of nitro groups is 1. The van der Waals surface area contributed by atoms with E-state index in [0.717, 1.165) is 17.5 Å². The summed E-state index contributed by atoms with van der Waals surface area (Å²) in [5.41, 5.74) is 0.914. The number of benzene rings is 1. The van der Waals surface area contributed by atoms with Gasteiger partial charge in [-0.3, -0.25) is 10.1 Å². The maximum Gasteiger partial charge on any atom is 0.453 e. The van der Waals surface area contributed by atoms with Crippen molar-refractivity contribution in [1.29, 1.82) is 0 Å². The van der Waals surface area contributed by atoms with Gasteiger partial charge in [-0.25, -0.2) is 4.98 Å². The molecule has 0 aliphatic carbocycles. The first-order valence-electron chi connectivity index (χ1n) is 5.11. The highest BCUT2D eigenvalue weighted by Crippen LogP contribution is 2.16. The Hall–Kier alpha value is -2.63. The molecule has 1 aromatic carbocycles. The fourth-order valence-corrected chi connectivity index (χ4v) is 1.32. The summed E-state index contributed by atoms with van der Waals surface area (Å²) in [5.74, 6) is 0.584. The second-order valence-corrected chi connectivity index (χ2v) is 3.40. The minimum atomic E-state index is -0.627. The molecule has 0 amide bonds. The molecule has 92 valence electrons. The van der Waals surface area contributed by atoms with Gasteiger partial charge in [-0.2, -0.15) is 0 Å². The van der Waals surface area contributed by atoms with Crippen molar-refractivity contribution in [1.82, 2.24) is 4.98 Å². The second-order valence-electron chi connectivity index (χ2n) is 3.40. The van der Waals surface area contributed by atoms with Crippen molar-refractivity contribution < 1.29 is 14.1 Å². The number of rotatable bonds is 4. The van der Waals surface area contributed by atoms with Crippen molar-refractivity contribution in [3.63, 3.8) is 0 Å². The number of nitrogens with zero attached hydrogens (tertiary/aromatic N) is 2. The summed E-state index contributed by atoms with van der Waals surface area (Å²) >= 11 is 0. The maximum absolute atomic E-state index is 10.4. The van der Waals surface area contributed by atoms with Gasteiger partial charge in [0.05, 0.1) is 7.11 Å². The van der Waals surface area contributed by atoms with Crippen LogP contribution < -0.4 is 4.74 Å². The van der Waals surface area contributed by atoms with E-state index in [1.165, 1.54) is 0 Å². The van der Waals surface area contributed by atoms with Crippen LogP contribution in [0.1, 0.15) is 11.5 Å². The molecule has 0 radical (unpaired) electrons. The minimum Gasteiger partial charge on any atom is -0.497 e. The maximum atomic E-state index is 10.4. The SMILES string of the molecule is COc1ccc(/C=C/c2ncc([N+](=O)[O-])o2)cc1. The summed E-state index contributed by atoms with van der Waals surface area (Å²) in [5, 5.41) is 10.4. The van der Waals surface area contributed by atoms with Gasteiger partial charge in [-0.1, -0.05) is 12.1 Å². The molecular formula is C12H10N2O4.